The van der Waals surface area contributed by atoms with Crippen LogP contribution in [0.3, 0.4) is 0 Å². The predicted octanol–water partition coefficient (Wildman–Crippen LogP) is 6.20. The zero-order valence-corrected chi connectivity index (χ0v) is 12.5. The van der Waals surface area contributed by atoms with Crippen molar-refractivity contribution in [2.75, 3.05) is 0 Å². The highest BCUT2D eigenvalue weighted by Crippen LogP contribution is 2.40. The Morgan fingerprint density at radius 3 is 2.50 bits per heavy atom. The van der Waals surface area contributed by atoms with Crippen molar-refractivity contribution in [3.05, 3.63) is 78.6 Å². The van der Waals surface area contributed by atoms with Gasteiger partial charge in [0.1, 0.15) is 11.3 Å². The van der Waals surface area contributed by atoms with Gasteiger partial charge in [-0.1, -0.05) is 61.2 Å². The normalized spacial score (nSPS) is 11.1. The highest BCUT2D eigenvalue weighted by atomic mass is 16.3. The van der Waals surface area contributed by atoms with E-state index in [-0.39, 0.29) is 0 Å². The van der Waals surface area contributed by atoms with E-state index in [1.165, 1.54) is 27.3 Å². The molecule has 1 aromatic heterocycles. The molecule has 0 atom stereocenters. The second kappa shape index (κ2) is 4.88. The Morgan fingerprint density at radius 1 is 0.909 bits per heavy atom. The molecule has 22 heavy (non-hydrogen) atoms. The molecule has 0 amide bonds. The van der Waals surface area contributed by atoms with Crippen molar-refractivity contribution in [1.82, 2.24) is 0 Å². The Labute approximate surface area is 129 Å². The minimum atomic E-state index is 0.834. The molecule has 1 heteroatoms. The molecule has 1 nitrogen and oxygen atoms in total. The fraction of sp³-hybridized carbons (Fsp3) is 0.0476. The number of furan rings is 1. The highest BCUT2D eigenvalue weighted by Gasteiger charge is 2.17. The molecule has 3 aromatic carbocycles. The van der Waals surface area contributed by atoms with E-state index < -0.39 is 0 Å². The average Bonchev–Trinajstić information content (AvgIpc) is 2.94. The number of fused-ring (bicyclic) bond motifs is 3. The molecule has 0 N–H and O–H groups in total. The lowest BCUT2D eigenvalue weighted by Crippen LogP contribution is -1.84. The van der Waals surface area contributed by atoms with Crippen LogP contribution in [-0.4, -0.2) is 0 Å². The Kier molecular flexibility index (Phi) is 2.87. The summed E-state index contributed by atoms with van der Waals surface area (Å²) in [6, 6.07) is 21.0. The van der Waals surface area contributed by atoms with Crippen LogP contribution >= 0.6 is 0 Å². The minimum absolute atomic E-state index is 0.834. The summed E-state index contributed by atoms with van der Waals surface area (Å²) in [7, 11) is 0. The van der Waals surface area contributed by atoms with Crippen molar-refractivity contribution in [3.8, 4) is 11.1 Å². The van der Waals surface area contributed by atoms with Crippen LogP contribution in [0.1, 0.15) is 11.3 Å². The molecule has 106 valence electrons. The summed E-state index contributed by atoms with van der Waals surface area (Å²) in [5.74, 6) is 0.834. The zero-order chi connectivity index (χ0) is 15.1. The van der Waals surface area contributed by atoms with Crippen molar-refractivity contribution in [1.29, 1.82) is 0 Å². The minimum Gasteiger partial charge on any atom is -0.456 e. The molecule has 0 unspecified atom stereocenters. The molecule has 0 aliphatic rings. The van der Waals surface area contributed by atoms with Gasteiger partial charge >= 0.3 is 0 Å². The van der Waals surface area contributed by atoms with E-state index >= 15 is 0 Å². The summed E-state index contributed by atoms with van der Waals surface area (Å²) in [6.45, 7) is 6.06. The topological polar surface area (TPSA) is 13.1 Å². The molecule has 1 heterocycles. The molecule has 0 saturated carbocycles. The van der Waals surface area contributed by atoms with Crippen LogP contribution in [0, 0.1) is 6.92 Å². The van der Waals surface area contributed by atoms with Gasteiger partial charge in [-0.05, 0) is 41.0 Å². The van der Waals surface area contributed by atoms with Crippen LogP contribution in [0.15, 0.2) is 71.7 Å². The third-order valence-corrected chi connectivity index (χ3v) is 4.21. The SMILES string of the molecule is C=Cc1oc2ccc3ccccc3c2c1-c1ccccc1C. The lowest BCUT2D eigenvalue weighted by molar-refractivity contribution is 0.606. The van der Waals surface area contributed by atoms with E-state index in [1.54, 1.807) is 6.08 Å². The van der Waals surface area contributed by atoms with Gasteiger partial charge in [0.15, 0.2) is 0 Å². The fourth-order valence-electron chi connectivity index (χ4n) is 3.15. The van der Waals surface area contributed by atoms with Crippen LogP contribution in [0.4, 0.5) is 0 Å². The van der Waals surface area contributed by atoms with Gasteiger partial charge < -0.3 is 4.42 Å². The van der Waals surface area contributed by atoms with Crippen LogP contribution in [0.2, 0.25) is 0 Å². The van der Waals surface area contributed by atoms with Crippen LogP contribution in [0.5, 0.6) is 0 Å². The van der Waals surface area contributed by atoms with Crippen LogP contribution in [0.25, 0.3) is 38.9 Å². The van der Waals surface area contributed by atoms with E-state index in [0.29, 0.717) is 0 Å². The van der Waals surface area contributed by atoms with E-state index in [9.17, 15) is 0 Å². The number of aryl methyl sites for hydroxylation is 1. The average molecular weight is 284 g/mol. The van der Waals surface area contributed by atoms with Crippen molar-refractivity contribution in [3.63, 3.8) is 0 Å². The Balaban J connectivity index is 2.23. The first-order valence-corrected chi connectivity index (χ1v) is 7.42. The highest BCUT2D eigenvalue weighted by molar-refractivity contribution is 6.14. The van der Waals surface area contributed by atoms with Gasteiger partial charge in [0, 0.05) is 10.9 Å². The summed E-state index contributed by atoms with van der Waals surface area (Å²) < 4.78 is 6.05. The van der Waals surface area contributed by atoms with Gasteiger partial charge in [-0.2, -0.15) is 0 Å². The summed E-state index contributed by atoms with van der Waals surface area (Å²) in [6.07, 6.45) is 1.80. The number of hydrogen-bond acceptors (Lipinski definition) is 1. The second-order valence-electron chi connectivity index (χ2n) is 5.52. The van der Waals surface area contributed by atoms with Crippen molar-refractivity contribution < 1.29 is 4.42 Å². The molecule has 0 radical (unpaired) electrons. The predicted molar refractivity (Wildman–Crippen MR) is 94.0 cm³/mol. The molecule has 0 fully saturated rings. The smallest absolute Gasteiger partial charge is 0.136 e. The first-order valence-electron chi connectivity index (χ1n) is 7.42. The van der Waals surface area contributed by atoms with Crippen LogP contribution < -0.4 is 0 Å². The fourth-order valence-corrected chi connectivity index (χ4v) is 3.15. The third-order valence-electron chi connectivity index (χ3n) is 4.21. The lowest BCUT2D eigenvalue weighted by atomic mass is 9.95. The molecule has 4 aromatic rings. The largest absolute Gasteiger partial charge is 0.456 e. The van der Waals surface area contributed by atoms with Gasteiger partial charge in [0.25, 0.3) is 0 Å². The van der Waals surface area contributed by atoms with Gasteiger partial charge in [-0.15, -0.1) is 0 Å². The number of benzene rings is 3. The second-order valence-corrected chi connectivity index (χ2v) is 5.52. The molecule has 4 rings (SSSR count). The van der Waals surface area contributed by atoms with E-state index in [4.69, 9.17) is 4.42 Å². The van der Waals surface area contributed by atoms with Gasteiger partial charge in [-0.3, -0.25) is 0 Å². The molecule has 0 bridgehead atoms. The maximum absolute atomic E-state index is 6.05. The Morgan fingerprint density at radius 2 is 1.68 bits per heavy atom. The monoisotopic (exact) mass is 284 g/mol. The summed E-state index contributed by atoms with van der Waals surface area (Å²) >= 11 is 0. The first kappa shape index (κ1) is 12.9. The Bertz CT molecular complexity index is 1000. The lowest BCUT2D eigenvalue weighted by Gasteiger charge is -2.06. The first-order chi connectivity index (χ1) is 10.8. The zero-order valence-electron chi connectivity index (χ0n) is 12.5. The maximum Gasteiger partial charge on any atom is 0.136 e. The molecule has 0 aliphatic heterocycles. The quantitative estimate of drug-likeness (QED) is 0.427. The summed E-state index contributed by atoms with van der Waals surface area (Å²) in [5, 5.41) is 3.61. The van der Waals surface area contributed by atoms with Gasteiger partial charge in [0.05, 0.1) is 0 Å². The van der Waals surface area contributed by atoms with Gasteiger partial charge in [0.2, 0.25) is 0 Å². The van der Waals surface area contributed by atoms with Crippen molar-refractivity contribution in [2.24, 2.45) is 0 Å². The van der Waals surface area contributed by atoms with Gasteiger partial charge in [-0.25, -0.2) is 0 Å². The standard InChI is InChI=1S/C21H16O/c1-3-18-20(16-10-6-4-8-14(16)2)21-17-11-7-5-9-15(17)12-13-19(21)22-18/h3-13H,1H2,2H3. The Hall–Kier alpha value is -2.80. The molecule has 0 spiro atoms. The molecular formula is C21H16O. The molecular weight excluding hydrogens is 268 g/mol. The van der Waals surface area contributed by atoms with Crippen LogP contribution in [-0.2, 0) is 0 Å². The summed E-state index contributed by atoms with van der Waals surface area (Å²) in [5.41, 5.74) is 4.49. The number of rotatable bonds is 2. The van der Waals surface area contributed by atoms with E-state index in [1.807, 2.05) is 6.07 Å². The van der Waals surface area contributed by atoms with E-state index in [0.717, 1.165) is 16.9 Å². The summed E-state index contributed by atoms with van der Waals surface area (Å²) in [4.78, 5) is 0. The van der Waals surface area contributed by atoms with E-state index in [2.05, 4.69) is 68.1 Å². The third kappa shape index (κ3) is 1.79. The van der Waals surface area contributed by atoms with Crippen molar-refractivity contribution >= 4 is 27.8 Å². The molecule has 0 saturated heterocycles. The maximum atomic E-state index is 6.05. The van der Waals surface area contributed by atoms with Crippen molar-refractivity contribution in [2.45, 2.75) is 6.92 Å². The molecule has 0 aliphatic carbocycles. The number of hydrogen-bond donors (Lipinski definition) is 0.